The molecule has 0 aliphatic heterocycles. The first-order chi connectivity index (χ1) is 7.34. The van der Waals surface area contributed by atoms with Crippen molar-refractivity contribution in [3.05, 3.63) is 11.9 Å². The summed E-state index contributed by atoms with van der Waals surface area (Å²) in [5, 5.41) is 3.31. The van der Waals surface area contributed by atoms with Gasteiger partial charge in [-0.25, -0.2) is 4.98 Å². The topological polar surface area (TPSA) is 29.9 Å². The summed E-state index contributed by atoms with van der Waals surface area (Å²) in [5.41, 5.74) is 1.42. The first-order valence-electron chi connectivity index (χ1n) is 6.12. The first-order valence-corrected chi connectivity index (χ1v) is 6.12. The summed E-state index contributed by atoms with van der Waals surface area (Å²) in [6.45, 7) is 15.2. The third kappa shape index (κ3) is 3.26. The van der Waals surface area contributed by atoms with Gasteiger partial charge in [-0.3, -0.25) is 0 Å². The number of rotatable bonds is 4. The molecule has 0 saturated heterocycles. The molecule has 0 spiro atoms. The fraction of sp³-hybridized carbons (Fsp3) is 0.769. The second kappa shape index (κ2) is 4.89. The molecule has 1 atom stereocenters. The van der Waals surface area contributed by atoms with Gasteiger partial charge in [-0.2, -0.15) is 0 Å². The Morgan fingerprint density at radius 3 is 2.56 bits per heavy atom. The monoisotopic (exact) mass is 223 g/mol. The Hall–Kier alpha value is -0.990. The maximum atomic E-state index is 4.49. The van der Waals surface area contributed by atoms with E-state index >= 15 is 0 Å². The van der Waals surface area contributed by atoms with Crippen molar-refractivity contribution in [3.8, 4) is 0 Å². The number of nitrogens with zero attached hydrogens (tertiary/aromatic N) is 2. The van der Waals surface area contributed by atoms with Crippen LogP contribution in [0.25, 0.3) is 0 Å². The number of imidazole rings is 1. The summed E-state index contributed by atoms with van der Waals surface area (Å²) in [4.78, 5) is 4.49. The average Bonchev–Trinajstić information content (AvgIpc) is 2.45. The predicted molar refractivity (Wildman–Crippen MR) is 69.7 cm³/mol. The van der Waals surface area contributed by atoms with Crippen LogP contribution in [-0.4, -0.2) is 16.1 Å². The van der Waals surface area contributed by atoms with Crippen molar-refractivity contribution in [2.45, 2.75) is 48.1 Å². The summed E-state index contributed by atoms with van der Waals surface area (Å²) in [7, 11) is 0. The standard InChI is InChI=1S/C13H25N3/c1-7-14-12-15-11(3)9-16(12)8-10(2)13(4,5)6/h9-10H,7-8H2,1-6H3,(H,14,15). The molecule has 1 rings (SSSR count). The molecule has 0 aliphatic rings. The van der Waals surface area contributed by atoms with Gasteiger partial charge in [0.15, 0.2) is 0 Å². The number of hydrogen-bond donors (Lipinski definition) is 1. The zero-order chi connectivity index (χ0) is 12.3. The molecule has 3 nitrogen and oxygen atoms in total. The molecule has 3 heteroatoms. The van der Waals surface area contributed by atoms with Crippen molar-refractivity contribution < 1.29 is 0 Å². The molecule has 92 valence electrons. The van der Waals surface area contributed by atoms with Crippen LogP contribution in [0.5, 0.6) is 0 Å². The van der Waals surface area contributed by atoms with Crippen molar-refractivity contribution in [2.24, 2.45) is 11.3 Å². The summed E-state index contributed by atoms with van der Waals surface area (Å²) in [6, 6.07) is 0. The molecule has 0 radical (unpaired) electrons. The Morgan fingerprint density at radius 2 is 2.06 bits per heavy atom. The van der Waals surface area contributed by atoms with Gasteiger partial charge in [-0.1, -0.05) is 27.7 Å². The summed E-state index contributed by atoms with van der Waals surface area (Å²) in [5.74, 6) is 1.62. The van der Waals surface area contributed by atoms with E-state index in [0.717, 1.165) is 24.7 Å². The Balaban J connectivity index is 2.80. The zero-order valence-electron chi connectivity index (χ0n) is 11.5. The fourth-order valence-corrected chi connectivity index (χ4v) is 1.55. The van der Waals surface area contributed by atoms with Gasteiger partial charge in [0.1, 0.15) is 0 Å². The Bertz CT molecular complexity index is 333. The van der Waals surface area contributed by atoms with E-state index in [1.54, 1.807) is 0 Å². The predicted octanol–water partition coefficient (Wildman–Crippen LogP) is 3.31. The van der Waals surface area contributed by atoms with E-state index in [9.17, 15) is 0 Å². The van der Waals surface area contributed by atoms with Gasteiger partial charge in [0.25, 0.3) is 0 Å². The first kappa shape index (κ1) is 13.1. The molecule has 0 amide bonds. The van der Waals surface area contributed by atoms with Gasteiger partial charge in [0.05, 0.1) is 5.69 Å². The van der Waals surface area contributed by atoms with Gasteiger partial charge >= 0.3 is 0 Å². The zero-order valence-corrected chi connectivity index (χ0v) is 11.5. The molecule has 0 aromatic carbocycles. The largest absolute Gasteiger partial charge is 0.356 e. The van der Waals surface area contributed by atoms with Crippen LogP contribution in [0.1, 0.15) is 40.3 Å². The smallest absolute Gasteiger partial charge is 0.203 e. The number of aromatic nitrogens is 2. The summed E-state index contributed by atoms with van der Waals surface area (Å²) in [6.07, 6.45) is 2.13. The van der Waals surface area contributed by atoms with Crippen LogP contribution in [-0.2, 0) is 6.54 Å². The van der Waals surface area contributed by atoms with Gasteiger partial charge in [-0.15, -0.1) is 0 Å². The van der Waals surface area contributed by atoms with Crippen LogP contribution in [0.2, 0.25) is 0 Å². The molecule has 0 bridgehead atoms. The Kier molecular flexibility index (Phi) is 4.00. The van der Waals surface area contributed by atoms with Gasteiger partial charge in [0, 0.05) is 19.3 Å². The third-order valence-electron chi connectivity index (χ3n) is 3.18. The minimum Gasteiger partial charge on any atom is -0.356 e. The normalized spacial score (nSPS) is 13.9. The minimum atomic E-state index is 0.335. The maximum Gasteiger partial charge on any atom is 0.203 e. The molecule has 0 fully saturated rings. The molecule has 0 saturated carbocycles. The highest BCUT2D eigenvalue weighted by Crippen LogP contribution is 2.27. The van der Waals surface area contributed by atoms with Gasteiger partial charge < -0.3 is 9.88 Å². The van der Waals surface area contributed by atoms with E-state index in [2.05, 4.69) is 55.7 Å². The Morgan fingerprint density at radius 1 is 1.44 bits per heavy atom. The number of anilines is 1. The van der Waals surface area contributed by atoms with Gasteiger partial charge in [0.2, 0.25) is 5.95 Å². The van der Waals surface area contributed by atoms with E-state index in [1.807, 2.05) is 6.92 Å². The van der Waals surface area contributed by atoms with Crippen molar-refractivity contribution >= 4 is 5.95 Å². The fourth-order valence-electron chi connectivity index (χ4n) is 1.55. The number of hydrogen-bond acceptors (Lipinski definition) is 2. The third-order valence-corrected chi connectivity index (χ3v) is 3.18. The lowest BCUT2D eigenvalue weighted by molar-refractivity contribution is 0.233. The maximum absolute atomic E-state index is 4.49. The molecular weight excluding hydrogens is 198 g/mol. The lowest BCUT2D eigenvalue weighted by Crippen LogP contribution is -2.23. The molecule has 1 aromatic rings. The Labute approximate surface area is 99.3 Å². The second-order valence-corrected chi connectivity index (χ2v) is 5.66. The molecule has 16 heavy (non-hydrogen) atoms. The second-order valence-electron chi connectivity index (χ2n) is 5.66. The van der Waals surface area contributed by atoms with Crippen molar-refractivity contribution in [1.82, 2.24) is 9.55 Å². The van der Waals surface area contributed by atoms with Crippen LogP contribution in [0.4, 0.5) is 5.95 Å². The van der Waals surface area contributed by atoms with Gasteiger partial charge in [-0.05, 0) is 25.2 Å². The molecule has 1 N–H and O–H groups in total. The van der Waals surface area contributed by atoms with Crippen LogP contribution in [0.15, 0.2) is 6.20 Å². The summed E-state index contributed by atoms with van der Waals surface area (Å²) >= 11 is 0. The highest BCUT2D eigenvalue weighted by molar-refractivity contribution is 5.28. The summed E-state index contributed by atoms with van der Waals surface area (Å²) < 4.78 is 2.23. The number of nitrogens with one attached hydrogen (secondary N) is 1. The van der Waals surface area contributed by atoms with Crippen LogP contribution in [0, 0.1) is 18.3 Å². The molecule has 1 aromatic heterocycles. The highest BCUT2D eigenvalue weighted by atomic mass is 15.2. The molecule has 1 unspecified atom stereocenters. The quantitative estimate of drug-likeness (QED) is 0.848. The van der Waals surface area contributed by atoms with Crippen molar-refractivity contribution in [1.29, 1.82) is 0 Å². The van der Waals surface area contributed by atoms with Crippen LogP contribution < -0.4 is 5.32 Å². The van der Waals surface area contributed by atoms with Crippen LogP contribution in [0.3, 0.4) is 0 Å². The lowest BCUT2D eigenvalue weighted by Gasteiger charge is -2.28. The SMILES string of the molecule is CCNc1nc(C)cn1CC(C)C(C)(C)C. The molecule has 0 aliphatic carbocycles. The van der Waals surface area contributed by atoms with E-state index in [4.69, 9.17) is 0 Å². The molecular formula is C13H25N3. The van der Waals surface area contributed by atoms with E-state index < -0.39 is 0 Å². The van der Waals surface area contributed by atoms with E-state index in [1.165, 1.54) is 0 Å². The average molecular weight is 223 g/mol. The van der Waals surface area contributed by atoms with Crippen LogP contribution >= 0.6 is 0 Å². The van der Waals surface area contributed by atoms with E-state index in [-0.39, 0.29) is 0 Å². The highest BCUT2D eigenvalue weighted by Gasteiger charge is 2.21. The molecule has 1 heterocycles. The van der Waals surface area contributed by atoms with Crippen molar-refractivity contribution in [2.75, 3.05) is 11.9 Å². The van der Waals surface area contributed by atoms with E-state index in [0.29, 0.717) is 11.3 Å². The minimum absolute atomic E-state index is 0.335. The van der Waals surface area contributed by atoms with Crippen molar-refractivity contribution in [3.63, 3.8) is 0 Å². The lowest BCUT2D eigenvalue weighted by atomic mass is 9.82. The number of aryl methyl sites for hydroxylation is 1.